The van der Waals surface area contributed by atoms with E-state index in [0.29, 0.717) is 43.2 Å². The standard InChI is InChI=1S/C14H20N4O3/c1-3-21-14(19)12-9-11(16)10-17-13(12)18(6-4-5-15)7-8-20-2/h9-10H,3-4,6-8,16H2,1-2H3. The van der Waals surface area contributed by atoms with Gasteiger partial charge in [0, 0.05) is 20.2 Å². The summed E-state index contributed by atoms with van der Waals surface area (Å²) < 4.78 is 10.1. The normalized spacial score (nSPS) is 9.95. The molecule has 0 saturated heterocycles. The van der Waals surface area contributed by atoms with Crippen LogP contribution in [0.3, 0.4) is 0 Å². The lowest BCUT2D eigenvalue weighted by Crippen LogP contribution is -2.31. The molecule has 0 radical (unpaired) electrons. The Bertz CT molecular complexity index is 513. The van der Waals surface area contributed by atoms with Gasteiger partial charge in [-0.1, -0.05) is 0 Å². The van der Waals surface area contributed by atoms with E-state index in [1.807, 2.05) is 4.90 Å². The second kappa shape index (κ2) is 8.76. The molecule has 1 rings (SSSR count). The average Bonchev–Trinajstić information content (AvgIpc) is 2.48. The summed E-state index contributed by atoms with van der Waals surface area (Å²) in [7, 11) is 1.59. The van der Waals surface area contributed by atoms with Gasteiger partial charge in [-0.25, -0.2) is 9.78 Å². The molecule has 114 valence electrons. The first-order chi connectivity index (χ1) is 10.1. The van der Waals surface area contributed by atoms with Crippen molar-refractivity contribution < 1.29 is 14.3 Å². The SMILES string of the molecule is CCOC(=O)c1cc(N)cnc1N(CCC#N)CCOC. The Labute approximate surface area is 124 Å². The second-order valence-corrected chi connectivity index (χ2v) is 4.25. The van der Waals surface area contributed by atoms with Crippen LogP contribution in [0, 0.1) is 11.3 Å². The van der Waals surface area contributed by atoms with E-state index in [2.05, 4.69) is 11.1 Å². The Kier molecular flexibility index (Phi) is 6.98. The first kappa shape index (κ1) is 16.7. The summed E-state index contributed by atoms with van der Waals surface area (Å²) >= 11 is 0. The fourth-order valence-corrected chi connectivity index (χ4v) is 1.79. The van der Waals surface area contributed by atoms with Gasteiger partial charge in [-0.2, -0.15) is 5.26 Å². The molecule has 7 heteroatoms. The van der Waals surface area contributed by atoms with Crippen molar-refractivity contribution in [3.63, 3.8) is 0 Å². The van der Waals surface area contributed by atoms with E-state index in [-0.39, 0.29) is 6.61 Å². The van der Waals surface area contributed by atoms with E-state index in [4.69, 9.17) is 20.5 Å². The van der Waals surface area contributed by atoms with Crippen LogP contribution in [0.2, 0.25) is 0 Å². The molecule has 0 aliphatic carbocycles. The molecule has 0 fully saturated rings. The van der Waals surface area contributed by atoms with E-state index in [1.165, 1.54) is 12.3 Å². The number of anilines is 2. The molecule has 1 aromatic heterocycles. The van der Waals surface area contributed by atoms with E-state index in [1.54, 1.807) is 14.0 Å². The maximum absolute atomic E-state index is 12.0. The predicted molar refractivity (Wildman–Crippen MR) is 78.9 cm³/mol. The molecule has 0 aromatic carbocycles. The minimum absolute atomic E-state index is 0.267. The summed E-state index contributed by atoms with van der Waals surface area (Å²) in [6.45, 7) is 3.42. The highest BCUT2D eigenvalue weighted by Crippen LogP contribution is 2.21. The van der Waals surface area contributed by atoms with Crippen molar-refractivity contribution >= 4 is 17.5 Å². The molecule has 0 saturated carbocycles. The fraction of sp³-hybridized carbons (Fsp3) is 0.500. The van der Waals surface area contributed by atoms with Crippen LogP contribution in [0.15, 0.2) is 12.3 Å². The Morgan fingerprint density at radius 1 is 1.52 bits per heavy atom. The number of carbonyl (C=O) groups is 1. The molecule has 0 atom stereocenters. The summed E-state index contributed by atoms with van der Waals surface area (Å²) in [4.78, 5) is 18.1. The molecule has 0 aliphatic heterocycles. The molecule has 0 amide bonds. The quantitative estimate of drug-likeness (QED) is 0.718. The zero-order valence-corrected chi connectivity index (χ0v) is 12.3. The first-order valence-corrected chi connectivity index (χ1v) is 6.67. The minimum Gasteiger partial charge on any atom is -0.462 e. The highest BCUT2D eigenvalue weighted by molar-refractivity contribution is 5.95. The summed E-state index contributed by atoms with van der Waals surface area (Å²) in [6.07, 6.45) is 1.79. The lowest BCUT2D eigenvalue weighted by molar-refractivity contribution is 0.0526. The summed E-state index contributed by atoms with van der Waals surface area (Å²) in [5, 5.41) is 8.75. The topological polar surface area (TPSA) is 101 Å². The zero-order chi connectivity index (χ0) is 15.7. The maximum atomic E-state index is 12.0. The molecule has 0 spiro atoms. The van der Waals surface area contributed by atoms with Crippen molar-refractivity contribution in [2.24, 2.45) is 0 Å². The van der Waals surface area contributed by atoms with Crippen LogP contribution >= 0.6 is 0 Å². The van der Waals surface area contributed by atoms with Crippen LogP contribution in [0.4, 0.5) is 11.5 Å². The van der Waals surface area contributed by atoms with Gasteiger partial charge in [-0.15, -0.1) is 0 Å². The van der Waals surface area contributed by atoms with Gasteiger partial charge in [0.25, 0.3) is 0 Å². The second-order valence-electron chi connectivity index (χ2n) is 4.25. The van der Waals surface area contributed by atoms with Crippen LogP contribution in [0.5, 0.6) is 0 Å². The van der Waals surface area contributed by atoms with E-state index in [9.17, 15) is 4.79 Å². The van der Waals surface area contributed by atoms with Gasteiger partial charge in [-0.05, 0) is 13.0 Å². The van der Waals surface area contributed by atoms with Gasteiger partial charge >= 0.3 is 5.97 Å². The molecule has 7 nitrogen and oxygen atoms in total. The van der Waals surface area contributed by atoms with E-state index >= 15 is 0 Å². The third-order valence-electron chi connectivity index (χ3n) is 2.74. The number of nitrogens with two attached hydrogens (primary N) is 1. The fourth-order valence-electron chi connectivity index (χ4n) is 1.79. The number of esters is 1. The molecule has 0 aliphatic rings. The van der Waals surface area contributed by atoms with Gasteiger partial charge < -0.3 is 20.1 Å². The Balaban J connectivity index is 3.10. The van der Waals surface area contributed by atoms with Gasteiger partial charge in [0.2, 0.25) is 0 Å². The number of nitriles is 1. The minimum atomic E-state index is -0.480. The number of hydrogen-bond donors (Lipinski definition) is 1. The highest BCUT2D eigenvalue weighted by atomic mass is 16.5. The number of ether oxygens (including phenoxy) is 2. The van der Waals surface area contributed by atoms with Crippen LogP contribution in [-0.4, -0.2) is 44.4 Å². The van der Waals surface area contributed by atoms with Crippen molar-refractivity contribution in [1.29, 1.82) is 5.26 Å². The molecular weight excluding hydrogens is 272 g/mol. The average molecular weight is 292 g/mol. The Morgan fingerprint density at radius 2 is 2.29 bits per heavy atom. The number of methoxy groups -OCH3 is 1. The summed E-state index contributed by atoms with van der Waals surface area (Å²) in [6, 6.07) is 3.61. The Morgan fingerprint density at radius 3 is 2.90 bits per heavy atom. The van der Waals surface area contributed by atoms with Crippen molar-refractivity contribution in [2.75, 3.05) is 44.0 Å². The molecule has 21 heavy (non-hydrogen) atoms. The van der Waals surface area contributed by atoms with E-state index < -0.39 is 5.97 Å². The molecule has 0 bridgehead atoms. The Hall–Kier alpha value is -2.33. The summed E-state index contributed by atoms with van der Waals surface area (Å²) in [5.41, 5.74) is 6.38. The predicted octanol–water partition coefficient (Wildman–Crippen LogP) is 1.21. The monoisotopic (exact) mass is 292 g/mol. The molecule has 2 N–H and O–H groups in total. The number of nitrogen functional groups attached to an aromatic ring is 1. The maximum Gasteiger partial charge on any atom is 0.341 e. The molecule has 1 heterocycles. The van der Waals surface area contributed by atoms with Crippen molar-refractivity contribution in [3.8, 4) is 6.07 Å². The molecule has 1 aromatic rings. The third kappa shape index (κ3) is 4.93. The van der Waals surface area contributed by atoms with Crippen molar-refractivity contribution in [3.05, 3.63) is 17.8 Å². The van der Waals surface area contributed by atoms with Crippen LogP contribution in [0.1, 0.15) is 23.7 Å². The van der Waals surface area contributed by atoms with Crippen LogP contribution in [-0.2, 0) is 9.47 Å². The number of carbonyl (C=O) groups excluding carboxylic acids is 1. The lowest BCUT2D eigenvalue weighted by atomic mass is 10.2. The molecular formula is C14H20N4O3. The van der Waals surface area contributed by atoms with Crippen molar-refractivity contribution in [1.82, 2.24) is 4.98 Å². The largest absolute Gasteiger partial charge is 0.462 e. The smallest absolute Gasteiger partial charge is 0.341 e. The van der Waals surface area contributed by atoms with E-state index in [0.717, 1.165) is 0 Å². The first-order valence-electron chi connectivity index (χ1n) is 6.67. The van der Waals surface area contributed by atoms with Crippen molar-refractivity contribution in [2.45, 2.75) is 13.3 Å². The third-order valence-corrected chi connectivity index (χ3v) is 2.74. The number of nitrogens with zero attached hydrogens (tertiary/aromatic N) is 3. The van der Waals surface area contributed by atoms with Crippen LogP contribution < -0.4 is 10.6 Å². The zero-order valence-electron chi connectivity index (χ0n) is 12.3. The number of aromatic nitrogens is 1. The van der Waals surface area contributed by atoms with Gasteiger partial charge in [0.1, 0.15) is 11.4 Å². The number of rotatable bonds is 8. The van der Waals surface area contributed by atoms with Gasteiger partial charge in [-0.3, -0.25) is 0 Å². The lowest BCUT2D eigenvalue weighted by Gasteiger charge is -2.24. The number of hydrogen-bond acceptors (Lipinski definition) is 7. The highest BCUT2D eigenvalue weighted by Gasteiger charge is 2.19. The van der Waals surface area contributed by atoms with Crippen LogP contribution in [0.25, 0.3) is 0 Å². The summed E-state index contributed by atoms with van der Waals surface area (Å²) in [5.74, 6) is -0.0263. The molecule has 0 unspecified atom stereocenters. The number of pyridine rings is 1. The van der Waals surface area contributed by atoms with Gasteiger partial charge in [0.15, 0.2) is 0 Å². The van der Waals surface area contributed by atoms with Gasteiger partial charge in [0.05, 0.1) is 37.6 Å².